The van der Waals surface area contributed by atoms with Crippen LogP contribution in [0.4, 0.5) is 0 Å². The van der Waals surface area contributed by atoms with E-state index in [0.717, 1.165) is 16.9 Å². The lowest BCUT2D eigenvalue weighted by Gasteiger charge is -2.16. The minimum atomic E-state index is -0.654. The Hall–Kier alpha value is -2.40. The summed E-state index contributed by atoms with van der Waals surface area (Å²) in [4.78, 5) is 12.2. The first-order valence-electron chi connectivity index (χ1n) is 7.62. The molecule has 1 unspecified atom stereocenters. The number of aryl methyl sites for hydroxylation is 1. The molecule has 0 aliphatic carbocycles. The predicted molar refractivity (Wildman–Crippen MR) is 90.7 cm³/mol. The largest absolute Gasteiger partial charge is 0.479 e. The Balaban J connectivity index is 1.57. The molecule has 1 heterocycles. The number of nitrogens with one attached hydrogen (secondary N) is 1. The van der Waals surface area contributed by atoms with Gasteiger partial charge < -0.3 is 19.5 Å². The summed E-state index contributed by atoms with van der Waals surface area (Å²) in [6.07, 6.45) is -0.654. The van der Waals surface area contributed by atoms with E-state index in [0.29, 0.717) is 23.1 Å². The number of carbonyl (C=O) groups excluding carboxylic acids is 1. The van der Waals surface area contributed by atoms with Crippen molar-refractivity contribution in [3.05, 3.63) is 52.5 Å². The fourth-order valence-corrected chi connectivity index (χ4v) is 2.49. The molecule has 5 nitrogen and oxygen atoms in total. The fourth-order valence-electron chi connectivity index (χ4n) is 2.33. The minimum Gasteiger partial charge on any atom is -0.479 e. The third-order valence-electron chi connectivity index (χ3n) is 3.66. The van der Waals surface area contributed by atoms with Gasteiger partial charge in [-0.2, -0.15) is 0 Å². The molecule has 0 spiro atoms. The SMILES string of the molecule is Cc1ccc(Cl)c(OC(C)C(=O)NCc2ccc3c(c2)OCO3)c1. The van der Waals surface area contributed by atoms with E-state index in [9.17, 15) is 4.79 Å². The van der Waals surface area contributed by atoms with E-state index >= 15 is 0 Å². The van der Waals surface area contributed by atoms with Crippen LogP contribution in [0.2, 0.25) is 5.02 Å². The molecular formula is C18H18ClNO4. The third kappa shape index (κ3) is 3.74. The maximum absolute atomic E-state index is 12.2. The Labute approximate surface area is 145 Å². The second-order valence-electron chi connectivity index (χ2n) is 5.60. The van der Waals surface area contributed by atoms with Crippen molar-refractivity contribution in [1.29, 1.82) is 0 Å². The van der Waals surface area contributed by atoms with E-state index in [2.05, 4.69) is 5.32 Å². The molecule has 1 aliphatic heterocycles. The highest BCUT2D eigenvalue weighted by atomic mass is 35.5. The first kappa shape index (κ1) is 16.5. The quantitative estimate of drug-likeness (QED) is 0.900. The van der Waals surface area contributed by atoms with Crippen LogP contribution in [0.3, 0.4) is 0 Å². The predicted octanol–water partition coefficient (Wildman–Crippen LogP) is 3.46. The lowest BCUT2D eigenvalue weighted by molar-refractivity contribution is -0.127. The molecule has 1 amide bonds. The average Bonchev–Trinajstić information content (AvgIpc) is 3.03. The van der Waals surface area contributed by atoms with Crippen molar-refractivity contribution in [2.75, 3.05) is 6.79 Å². The zero-order valence-corrected chi connectivity index (χ0v) is 14.2. The van der Waals surface area contributed by atoms with Gasteiger partial charge >= 0.3 is 0 Å². The van der Waals surface area contributed by atoms with Gasteiger partial charge in [0, 0.05) is 6.54 Å². The average molecular weight is 348 g/mol. The van der Waals surface area contributed by atoms with Crippen molar-refractivity contribution in [2.45, 2.75) is 26.5 Å². The van der Waals surface area contributed by atoms with Crippen LogP contribution in [-0.4, -0.2) is 18.8 Å². The molecule has 126 valence electrons. The Morgan fingerprint density at radius 3 is 2.88 bits per heavy atom. The van der Waals surface area contributed by atoms with Crippen molar-refractivity contribution < 1.29 is 19.0 Å². The normalized spacial score (nSPS) is 13.5. The standard InChI is InChI=1S/C18H18ClNO4/c1-11-3-5-14(19)16(7-11)24-12(2)18(21)20-9-13-4-6-15-17(8-13)23-10-22-15/h3-8,12H,9-10H2,1-2H3,(H,20,21). The van der Waals surface area contributed by atoms with Crippen LogP contribution < -0.4 is 19.5 Å². The second kappa shape index (κ2) is 7.01. The van der Waals surface area contributed by atoms with E-state index < -0.39 is 6.10 Å². The van der Waals surface area contributed by atoms with Crippen LogP contribution in [0.5, 0.6) is 17.2 Å². The Kier molecular flexibility index (Phi) is 4.81. The highest BCUT2D eigenvalue weighted by molar-refractivity contribution is 6.32. The monoisotopic (exact) mass is 347 g/mol. The maximum Gasteiger partial charge on any atom is 0.261 e. The van der Waals surface area contributed by atoms with Gasteiger partial charge in [0.05, 0.1) is 5.02 Å². The molecule has 0 aromatic heterocycles. The summed E-state index contributed by atoms with van der Waals surface area (Å²) >= 11 is 6.09. The van der Waals surface area contributed by atoms with Crippen LogP contribution in [0.15, 0.2) is 36.4 Å². The van der Waals surface area contributed by atoms with Gasteiger partial charge in [0.2, 0.25) is 6.79 Å². The van der Waals surface area contributed by atoms with Crippen LogP contribution in [0, 0.1) is 6.92 Å². The van der Waals surface area contributed by atoms with Gasteiger partial charge in [0.15, 0.2) is 17.6 Å². The molecule has 1 N–H and O–H groups in total. The number of amides is 1. The van der Waals surface area contributed by atoms with Crippen molar-refractivity contribution in [2.24, 2.45) is 0 Å². The number of hydrogen-bond acceptors (Lipinski definition) is 4. The van der Waals surface area contributed by atoms with Crippen molar-refractivity contribution in [3.63, 3.8) is 0 Å². The van der Waals surface area contributed by atoms with Crippen LogP contribution in [0.25, 0.3) is 0 Å². The second-order valence-corrected chi connectivity index (χ2v) is 6.01. The molecule has 0 saturated carbocycles. The Morgan fingerprint density at radius 2 is 2.04 bits per heavy atom. The van der Waals surface area contributed by atoms with E-state index in [1.165, 1.54) is 0 Å². The summed E-state index contributed by atoms with van der Waals surface area (Å²) in [7, 11) is 0. The first-order valence-corrected chi connectivity index (χ1v) is 8.00. The molecule has 1 atom stereocenters. The van der Waals surface area contributed by atoms with Crippen LogP contribution >= 0.6 is 11.6 Å². The molecule has 1 aliphatic rings. The number of carbonyl (C=O) groups is 1. The number of fused-ring (bicyclic) bond motifs is 1. The highest BCUT2D eigenvalue weighted by Crippen LogP contribution is 2.32. The molecule has 3 rings (SSSR count). The lowest BCUT2D eigenvalue weighted by atomic mass is 10.2. The summed E-state index contributed by atoms with van der Waals surface area (Å²) in [6.45, 7) is 4.24. The summed E-state index contributed by atoms with van der Waals surface area (Å²) in [5, 5.41) is 3.32. The Morgan fingerprint density at radius 1 is 1.25 bits per heavy atom. The summed E-state index contributed by atoms with van der Waals surface area (Å²) < 4.78 is 16.2. The van der Waals surface area contributed by atoms with E-state index in [-0.39, 0.29) is 12.7 Å². The minimum absolute atomic E-state index is 0.217. The molecule has 0 saturated heterocycles. The number of rotatable bonds is 5. The summed E-state index contributed by atoms with van der Waals surface area (Å²) in [5.41, 5.74) is 1.94. The molecule has 0 radical (unpaired) electrons. The van der Waals surface area contributed by atoms with Gasteiger partial charge in [-0.15, -0.1) is 0 Å². The van der Waals surface area contributed by atoms with Gasteiger partial charge in [-0.25, -0.2) is 0 Å². The van der Waals surface area contributed by atoms with E-state index in [1.54, 1.807) is 13.0 Å². The van der Waals surface area contributed by atoms with Gasteiger partial charge in [-0.1, -0.05) is 23.7 Å². The number of ether oxygens (including phenoxy) is 3. The number of benzene rings is 2. The van der Waals surface area contributed by atoms with Gasteiger partial charge in [-0.3, -0.25) is 4.79 Å². The van der Waals surface area contributed by atoms with Crippen molar-refractivity contribution in [3.8, 4) is 17.2 Å². The number of hydrogen-bond donors (Lipinski definition) is 1. The maximum atomic E-state index is 12.2. The van der Waals surface area contributed by atoms with Gasteiger partial charge in [-0.05, 0) is 49.2 Å². The summed E-state index contributed by atoms with van der Waals surface area (Å²) in [5.74, 6) is 1.70. The fraction of sp³-hybridized carbons (Fsp3) is 0.278. The Bertz CT molecular complexity index is 763. The molecule has 6 heteroatoms. The molecular weight excluding hydrogens is 330 g/mol. The molecule has 0 fully saturated rings. The number of halogens is 1. The smallest absolute Gasteiger partial charge is 0.261 e. The topological polar surface area (TPSA) is 56.8 Å². The van der Waals surface area contributed by atoms with Gasteiger partial charge in [0.25, 0.3) is 5.91 Å². The zero-order chi connectivity index (χ0) is 17.1. The molecule has 0 bridgehead atoms. The van der Waals surface area contributed by atoms with E-state index in [1.807, 2.05) is 37.3 Å². The third-order valence-corrected chi connectivity index (χ3v) is 3.98. The lowest BCUT2D eigenvalue weighted by Crippen LogP contribution is -2.35. The molecule has 24 heavy (non-hydrogen) atoms. The van der Waals surface area contributed by atoms with Crippen molar-refractivity contribution >= 4 is 17.5 Å². The molecule has 2 aromatic rings. The van der Waals surface area contributed by atoms with Gasteiger partial charge in [0.1, 0.15) is 5.75 Å². The molecule has 2 aromatic carbocycles. The summed E-state index contributed by atoms with van der Waals surface area (Å²) in [6, 6.07) is 11.0. The van der Waals surface area contributed by atoms with E-state index in [4.69, 9.17) is 25.8 Å². The zero-order valence-electron chi connectivity index (χ0n) is 13.5. The van der Waals surface area contributed by atoms with Crippen LogP contribution in [-0.2, 0) is 11.3 Å². The highest BCUT2D eigenvalue weighted by Gasteiger charge is 2.17. The first-order chi connectivity index (χ1) is 11.5. The van der Waals surface area contributed by atoms with Crippen LogP contribution in [0.1, 0.15) is 18.1 Å². The van der Waals surface area contributed by atoms with Crippen molar-refractivity contribution in [1.82, 2.24) is 5.32 Å².